The number of benzene rings is 3. The Bertz CT molecular complexity index is 1070. The lowest BCUT2D eigenvalue weighted by Gasteiger charge is -2.28. The van der Waals surface area contributed by atoms with Crippen molar-refractivity contribution in [1.82, 2.24) is 0 Å². The van der Waals surface area contributed by atoms with Crippen LogP contribution in [0.5, 0.6) is 5.75 Å². The summed E-state index contributed by atoms with van der Waals surface area (Å²) in [5.74, 6) is 0.734. The average Bonchev–Trinajstić information content (AvgIpc) is 2.79. The molecule has 1 heterocycles. The number of hydrogen-bond donors (Lipinski definition) is 0. The maximum Gasteiger partial charge on any atom is 0.134 e. The van der Waals surface area contributed by atoms with E-state index in [1.54, 1.807) is 12.1 Å². The van der Waals surface area contributed by atoms with Crippen molar-refractivity contribution >= 4 is 56.7 Å². The van der Waals surface area contributed by atoms with E-state index in [1.165, 1.54) is 5.69 Å². The van der Waals surface area contributed by atoms with Crippen molar-refractivity contribution in [2.24, 2.45) is 4.99 Å². The van der Waals surface area contributed by atoms with E-state index in [2.05, 4.69) is 38.0 Å². The highest BCUT2D eigenvalue weighted by Gasteiger charge is 2.10. The Morgan fingerprint density at radius 1 is 1.00 bits per heavy atom. The van der Waals surface area contributed by atoms with Crippen LogP contribution in [0.2, 0.25) is 10.0 Å². The molecule has 7 heteroatoms. The van der Waals surface area contributed by atoms with Gasteiger partial charge >= 0.3 is 0 Å². The molecular weight excluding hydrogens is 499 g/mol. The van der Waals surface area contributed by atoms with Crippen LogP contribution in [0.1, 0.15) is 11.1 Å². The van der Waals surface area contributed by atoms with Gasteiger partial charge < -0.3 is 14.4 Å². The highest BCUT2D eigenvalue weighted by molar-refractivity contribution is 9.10. The van der Waals surface area contributed by atoms with Crippen molar-refractivity contribution in [3.05, 3.63) is 86.3 Å². The average molecular weight is 520 g/mol. The molecule has 4 nitrogen and oxygen atoms in total. The molecule has 160 valence electrons. The number of rotatable bonds is 6. The van der Waals surface area contributed by atoms with E-state index < -0.39 is 0 Å². The molecule has 0 atom stereocenters. The highest BCUT2D eigenvalue weighted by Crippen LogP contribution is 2.28. The summed E-state index contributed by atoms with van der Waals surface area (Å²) in [5.41, 5.74) is 3.96. The third kappa shape index (κ3) is 6.01. The minimum Gasteiger partial charge on any atom is -0.488 e. The fourth-order valence-corrected chi connectivity index (χ4v) is 4.20. The monoisotopic (exact) mass is 518 g/mol. The molecule has 4 rings (SSSR count). The zero-order valence-corrected chi connectivity index (χ0v) is 19.8. The summed E-state index contributed by atoms with van der Waals surface area (Å²) in [5, 5.41) is 1.20. The number of hydrogen-bond acceptors (Lipinski definition) is 4. The summed E-state index contributed by atoms with van der Waals surface area (Å²) >= 11 is 15.7. The summed E-state index contributed by atoms with van der Waals surface area (Å²) in [6, 6.07) is 19.5. The number of aliphatic imine (C=N–C) groups is 1. The van der Waals surface area contributed by atoms with E-state index in [-0.39, 0.29) is 0 Å². The van der Waals surface area contributed by atoms with E-state index in [1.807, 2.05) is 42.6 Å². The molecule has 3 aromatic carbocycles. The first-order chi connectivity index (χ1) is 15.1. The normalized spacial score (nSPS) is 14.2. The van der Waals surface area contributed by atoms with E-state index >= 15 is 0 Å². The fraction of sp³-hybridized carbons (Fsp3) is 0.208. The quantitative estimate of drug-likeness (QED) is 0.331. The van der Waals surface area contributed by atoms with Crippen LogP contribution >= 0.6 is 39.1 Å². The van der Waals surface area contributed by atoms with Crippen LogP contribution in [-0.2, 0) is 11.3 Å². The molecule has 31 heavy (non-hydrogen) atoms. The van der Waals surface area contributed by atoms with Crippen LogP contribution in [0.25, 0.3) is 0 Å². The third-order valence-electron chi connectivity index (χ3n) is 4.94. The number of ether oxygens (including phenoxy) is 2. The van der Waals surface area contributed by atoms with Crippen molar-refractivity contribution in [2.45, 2.75) is 6.61 Å². The second-order valence-corrected chi connectivity index (χ2v) is 8.79. The van der Waals surface area contributed by atoms with Gasteiger partial charge in [0.25, 0.3) is 0 Å². The Balaban J connectivity index is 1.37. The SMILES string of the molecule is Clc1ccc(COc2ccc(C=Nc3ccc(N4CCOCC4)cc3)cc2Br)c(Cl)c1. The molecule has 0 aromatic heterocycles. The Labute approximate surface area is 200 Å². The Morgan fingerprint density at radius 2 is 1.77 bits per heavy atom. The van der Waals surface area contributed by atoms with Crippen molar-refractivity contribution in [1.29, 1.82) is 0 Å². The van der Waals surface area contributed by atoms with Gasteiger partial charge in [-0.25, -0.2) is 0 Å². The lowest BCUT2D eigenvalue weighted by atomic mass is 10.2. The van der Waals surface area contributed by atoms with Crippen LogP contribution in [0.15, 0.2) is 70.1 Å². The van der Waals surface area contributed by atoms with Crippen molar-refractivity contribution in [3.63, 3.8) is 0 Å². The van der Waals surface area contributed by atoms with Gasteiger partial charge in [-0.15, -0.1) is 0 Å². The number of nitrogens with zero attached hydrogens (tertiary/aromatic N) is 2. The van der Waals surface area contributed by atoms with Gasteiger partial charge in [-0.3, -0.25) is 4.99 Å². The fourth-order valence-electron chi connectivity index (χ4n) is 3.23. The van der Waals surface area contributed by atoms with Crippen molar-refractivity contribution in [2.75, 3.05) is 31.2 Å². The summed E-state index contributed by atoms with van der Waals surface area (Å²) < 4.78 is 12.2. The van der Waals surface area contributed by atoms with Gasteiger partial charge in [0, 0.05) is 40.6 Å². The van der Waals surface area contributed by atoms with Gasteiger partial charge in [-0.05, 0) is 76.1 Å². The van der Waals surface area contributed by atoms with Gasteiger partial charge in [-0.2, -0.15) is 0 Å². The first kappa shape index (κ1) is 22.2. The lowest BCUT2D eigenvalue weighted by molar-refractivity contribution is 0.122. The Hall–Kier alpha value is -2.05. The lowest BCUT2D eigenvalue weighted by Crippen LogP contribution is -2.36. The molecule has 0 amide bonds. The molecule has 0 bridgehead atoms. The predicted molar refractivity (Wildman–Crippen MR) is 132 cm³/mol. The Kier molecular flexibility index (Phi) is 7.51. The van der Waals surface area contributed by atoms with Crippen LogP contribution in [0.4, 0.5) is 11.4 Å². The highest BCUT2D eigenvalue weighted by atomic mass is 79.9. The molecule has 1 aliphatic heterocycles. The van der Waals surface area contributed by atoms with Gasteiger partial charge in [0.2, 0.25) is 0 Å². The van der Waals surface area contributed by atoms with E-state index in [0.717, 1.165) is 53.3 Å². The molecule has 1 aliphatic rings. The van der Waals surface area contributed by atoms with E-state index in [0.29, 0.717) is 16.7 Å². The van der Waals surface area contributed by atoms with Gasteiger partial charge in [0.05, 0.1) is 23.4 Å². The zero-order chi connectivity index (χ0) is 21.6. The minimum absolute atomic E-state index is 0.359. The second-order valence-electron chi connectivity index (χ2n) is 7.09. The zero-order valence-electron chi connectivity index (χ0n) is 16.7. The topological polar surface area (TPSA) is 34.1 Å². The minimum atomic E-state index is 0.359. The summed E-state index contributed by atoms with van der Waals surface area (Å²) in [6.07, 6.45) is 1.84. The largest absolute Gasteiger partial charge is 0.488 e. The molecule has 3 aromatic rings. The molecule has 1 fully saturated rings. The predicted octanol–water partition coefficient (Wildman–Crippen LogP) is 6.92. The van der Waals surface area contributed by atoms with Gasteiger partial charge in [0.1, 0.15) is 12.4 Å². The summed E-state index contributed by atoms with van der Waals surface area (Å²) in [7, 11) is 0. The first-order valence-corrected chi connectivity index (χ1v) is 11.5. The standard InChI is InChI=1S/C24H21BrCl2N2O2/c25-22-13-17(1-8-24(22)31-16-18-2-3-19(26)14-23(18)27)15-28-20-4-6-21(7-5-20)29-9-11-30-12-10-29/h1-8,13-15H,9-12,16H2. The summed E-state index contributed by atoms with van der Waals surface area (Å²) in [4.78, 5) is 6.91. The van der Waals surface area contributed by atoms with Crippen LogP contribution in [-0.4, -0.2) is 32.5 Å². The van der Waals surface area contributed by atoms with Crippen molar-refractivity contribution in [3.8, 4) is 5.75 Å². The molecule has 0 radical (unpaired) electrons. The molecule has 0 unspecified atom stereocenters. The smallest absolute Gasteiger partial charge is 0.134 e. The third-order valence-corrected chi connectivity index (χ3v) is 6.15. The molecular formula is C24H21BrCl2N2O2. The van der Waals surface area contributed by atoms with Crippen LogP contribution in [0, 0.1) is 0 Å². The van der Waals surface area contributed by atoms with Crippen LogP contribution in [0.3, 0.4) is 0 Å². The number of anilines is 1. The second kappa shape index (κ2) is 10.5. The van der Waals surface area contributed by atoms with Gasteiger partial charge in [-0.1, -0.05) is 29.3 Å². The Morgan fingerprint density at radius 3 is 2.48 bits per heavy atom. The molecule has 0 aliphatic carbocycles. The maximum absolute atomic E-state index is 6.21. The summed E-state index contributed by atoms with van der Waals surface area (Å²) in [6.45, 7) is 3.77. The molecule has 0 saturated carbocycles. The van der Waals surface area contributed by atoms with E-state index in [9.17, 15) is 0 Å². The van der Waals surface area contributed by atoms with Gasteiger partial charge in [0.15, 0.2) is 0 Å². The number of morpholine rings is 1. The van der Waals surface area contributed by atoms with E-state index in [4.69, 9.17) is 32.7 Å². The maximum atomic E-state index is 6.21. The van der Waals surface area contributed by atoms with Crippen molar-refractivity contribution < 1.29 is 9.47 Å². The number of halogens is 3. The first-order valence-electron chi connectivity index (χ1n) is 9.91. The molecule has 0 N–H and O–H groups in total. The molecule has 0 spiro atoms. The van der Waals surface area contributed by atoms with Crippen LogP contribution < -0.4 is 9.64 Å². The molecule has 1 saturated heterocycles.